The van der Waals surface area contributed by atoms with E-state index in [-0.39, 0.29) is 10.8 Å². The van der Waals surface area contributed by atoms with Crippen LogP contribution in [-0.4, -0.2) is 9.97 Å². The summed E-state index contributed by atoms with van der Waals surface area (Å²) < 4.78 is 0. The molecule has 11 rings (SSSR count). The molecule has 0 aliphatic heterocycles. The summed E-state index contributed by atoms with van der Waals surface area (Å²) in [5, 5.41) is 4.92. The predicted octanol–water partition coefficient (Wildman–Crippen LogP) is 14.1. The summed E-state index contributed by atoms with van der Waals surface area (Å²) in [7, 11) is 0. The number of hydrogen-bond donors (Lipinski definition) is 0. The fraction of sp³-hybridized carbons (Fsp3) is 0.111. The third-order valence-corrected chi connectivity index (χ3v) is 12.7. The van der Waals surface area contributed by atoms with E-state index in [0.717, 1.165) is 39.3 Å². The molecule has 0 amide bonds. The highest BCUT2D eigenvalue weighted by Crippen LogP contribution is 2.53. The van der Waals surface area contributed by atoms with E-state index in [1.165, 1.54) is 71.8 Å². The summed E-state index contributed by atoms with van der Waals surface area (Å²) in [4.78, 5) is 10.7. The molecule has 0 fully saturated rings. The molecule has 0 atom stereocenters. The summed E-state index contributed by atoms with van der Waals surface area (Å²) in [5.41, 5.74) is 18.1. The van der Waals surface area contributed by atoms with Gasteiger partial charge < -0.3 is 0 Å². The number of rotatable bonds is 4. The summed E-state index contributed by atoms with van der Waals surface area (Å²) in [6, 6.07) is 62.1. The van der Waals surface area contributed by atoms with Crippen molar-refractivity contribution in [3.8, 4) is 67.3 Å². The first-order chi connectivity index (χ1) is 27.3. The molecule has 0 N–H and O–H groups in total. The smallest absolute Gasteiger partial charge is 0.161 e. The van der Waals surface area contributed by atoms with Crippen LogP contribution in [0.15, 0.2) is 170 Å². The van der Waals surface area contributed by atoms with Crippen LogP contribution in [0.4, 0.5) is 0 Å². The van der Waals surface area contributed by atoms with Crippen LogP contribution in [0.1, 0.15) is 49.9 Å². The Morgan fingerprint density at radius 3 is 1.73 bits per heavy atom. The Kier molecular flexibility index (Phi) is 6.98. The molecule has 2 aliphatic rings. The van der Waals surface area contributed by atoms with Gasteiger partial charge in [0, 0.05) is 27.5 Å². The zero-order valence-electron chi connectivity index (χ0n) is 32.1. The van der Waals surface area contributed by atoms with E-state index in [2.05, 4.69) is 198 Å². The number of fused-ring (bicyclic) bond motifs is 9. The van der Waals surface area contributed by atoms with Crippen LogP contribution in [0.2, 0.25) is 0 Å². The zero-order valence-corrected chi connectivity index (χ0v) is 32.1. The van der Waals surface area contributed by atoms with E-state index >= 15 is 0 Å². The Labute approximate surface area is 328 Å². The molecule has 2 aliphatic carbocycles. The lowest BCUT2D eigenvalue weighted by Gasteiger charge is -2.22. The van der Waals surface area contributed by atoms with Gasteiger partial charge >= 0.3 is 0 Å². The lowest BCUT2D eigenvalue weighted by atomic mass is 9.81. The van der Waals surface area contributed by atoms with Gasteiger partial charge in [-0.3, -0.25) is 0 Å². The molecule has 1 aromatic heterocycles. The standard InChI is InChI=1S/C54H40N2/c1-53(2)46-28-24-35(30-44(46)51-38-17-9-8-14-33(38)23-29-47(51)53)37-26-27-43(40-19-11-10-18-39(37)40)52-55-49(34-15-6-5-7-16-34)32-50(56-52)36-22-25-42-41-20-12-13-21-45(41)54(3,4)48(42)31-36/h5-32H,1-4H3. The third-order valence-electron chi connectivity index (χ3n) is 12.7. The summed E-state index contributed by atoms with van der Waals surface area (Å²) in [6.45, 7) is 9.38. The summed E-state index contributed by atoms with van der Waals surface area (Å²) in [6.07, 6.45) is 0. The molecule has 0 saturated carbocycles. The normalized spacial score (nSPS) is 14.4. The average molecular weight is 717 g/mol. The van der Waals surface area contributed by atoms with Gasteiger partial charge in [-0.1, -0.05) is 173 Å². The third kappa shape index (κ3) is 4.75. The Hall–Kier alpha value is -6.64. The molecule has 2 heteroatoms. The van der Waals surface area contributed by atoms with Crippen LogP contribution in [0, 0.1) is 0 Å². The highest BCUT2D eigenvalue weighted by atomic mass is 14.9. The topological polar surface area (TPSA) is 25.8 Å². The van der Waals surface area contributed by atoms with Gasteiger partial charge in [0.1, 0.15) is 0 Å². The molecule has 56 heavy (non-hydrogen) atoms. The van der Waals surface area contributed by atoms with Crippen molar-refractivity contribution in [2.45, 2.75) is 38.5 Å². The second-order valence-electron chi connectivity index (χ2n) is 16.6. The molecule has 0 unspecified atom stereocenters. The van der Waals surface area contributed by atoms with Crippen LogP contribution < -0.4 is 0 Å². The van der Waals surface area contributed by atoms with Gasteiger partial charge in [-0.15, -0.1) is 0 Å². The van der Waals surface area contributed by atoms with Crippen molar-refractivity contribution in [1.82, 2.24) is 9.97 Å². The van der Waals surface area contributed by atoms with E-state index in [1.54, 1.807) is 0 Å². The van der Waals surface area contributed by atoms with Crippen molar-refractivity contribution in [3.63, 3.8) is 0 Å². The van der Waals surface area contributed by atoms with Gasteiger partial charge in [0.25, 0.3) is 0 Å². The number of nitrogens with zero attached hydrogens (tertiary/aromatic N) is 2. The van der Waals surface area contributed by atoms with E-state index in [0.29, 0.717) is 0 Å². The number of aromatic nitrogens is 2. The van der Waals surface area contributed by atoms with E-state index in [1.807, 2.05) is 0 Å². The first-order valence-electron chi connectivity index (χ1n) is 19.7. The highest BCUT2D eigenvalue weighted by Gasteiger charge is 2.37. The molecular weight excluding hydrogens is 677 g/mol. The van der Waals surface area contributed by atoms with Gasteiger partial charge in [-0.2, -0.15) is 0 Å². The largest absolute Gasteiger partial charge is 0.228 e. The molecule has 0 bridgehead atoms. The fourth-order valence-electron chi connectivity index (χ4n) is 9.77. The van der Waals surface area contributed by atoms with Gasteiger partial charge in [-0.25, -0.2) is 9.97 Å². The quantitative estimate of drug-likeness (QED) is 0.181. The van der Waals surface area contributed by atoms with E-state index in [4.69, 9.17) is 9.97 Å². The average Bonchev–Trinajstić information content (AvgIpc) is 3.62. The molecule has 0 spiro atoms. The predicted molar refractivity (Wildman–Crippen MR) is 234 cm³/mol. The lowest BCUT2D eigenvalue weighted by Crippen LogP contribution is -2.14. The Bertz CT molecular complexity index is 3080. The van der Waals surface area contributed by atoms with Crippen molar-refractivity contribution >= 4 is 21.5 Å². The molecule has 8 aromatic carbocycles. The van der Waals surface area contributed by atoms with Crippen LogP contribution in [0.25, 0.3) is 88.8 Å². The van der Waals surface area contributed by atoms with Gasteiger partial charge in [-0.05, 0) is 101 Å². The van der Waals surface area contributed by atoms with Crippen LogP contribution in [-0.2, 0) is 10.8 Å². The number of benzene rings is 8. The maximum absolute atomic E-state index is 5.38. The van der Waals surface area contributed by atoms with Gasteiger partial charge in [0.15, 0.2) is 5.82 Å². The van der Waals surface area contributed by atoms with Crippen LogP contribution in [0.5, 0.6) is 0 Å². The van der Waals surface area contributed by atoms with Crippen molar-refractivity contribution in [2.75, 3.05) is 0 Å². The maximum atomic E-state index is 5.38. The molecule has 266 valence electrons. The SMILES string of the molecule is CC1(C)c2ccccc2-c2ccc(-c3cc(-c4ccccc4)nc(-c4ccc(-c5ccc6c(c5)-c5c(ccc7ccccc57)C6(C)C)c5ccccc45)n3)cc21. The van der Waals surface area contributed by atoms with Crippen molar-refractivity contribution in [2.24, 2.45) is 0 Å². The molecule has 2 nitrogen and oxygen atoms in total. The lowest BCUT2D eigenvalue weighted by molar-refractivity contribution is 0.660. The monoisotopic (exact) mass is 716 g/mol. The minimum atomic E-state index is -0.103. The molecule has 9 aromatic rings. The van der Waals surface area contributed by atoms with E-state index < -0.39 is 0 Å². The molecule has 0 radical (unpaired) electrons. The van der Waals surface area contributed by atoms with Crippen molar-refractivity contribution in [1.29, 1.82) is 0 Å². The number of hydrogen-bond acceptors (Lipinski definition) is 2. The van der Waals surface area contributed by atoms with Crippen molar-refractivity contribution < 1.29 is 0 Å². The Balaban J connectivity index is 1.08. The summed E-state index contributed by atoms with van der Waals surface area (Å²) >= 11 is 0. The van der Waals surface area contributed by atoms with Gasteiger partial charge in [0.2, 0.25) is 0 Å². The maximum Gasteiger partial charge on any atom is 0.161 e. The van der Waals surface area contributed by atoms with E-state index in [9.17, 15) is 0 Å². The zero-order chi connectivity index (χ0) is 37.8. The van der Waals surface area contributed by atoms with Crippen LogP contribution >= 0.6 is 0 Å². The second kappa shape index (κ2) is 11.9. The van der Waals surface area contributed by atoms with Crippen LogP contribution in [0.3, 0.4) is 0 Å². The second-order valence-corrected chi connectivity index (χ2v) is 16.6. The minimum absolute atomic E-state index is 0.0729. The fourth-order valence-corrected chi connectivity index (χ4v) is 9.77. The molecular formula is C54H40N2. The van der Waals surface area contributed by atoms with Crippen molar-refractivity contribution in [3.05, 3.63) is 192 Å². The summed E-state index contributed by atoms with van der Waals surface area (Å²) in [5.74, 6) is 0.725. The Morgan fingerprint density at radius 2 is 0.911 bits per heavy atom. The minimum Gasteiger partial charge on any atom is -0.228 e. The first kappa shape index (κ1) is 32.8. The molecule has 0 saturated heterocycles. The first-order valence-corrected chi connectivity index (χ1v) is 19.7. The molecule has 1 heterocycles. The van der Waals surface area contributed by atoms with Gasteiger partial charge in [0.05, 0.1) is 11.4 Å². The highest BCUT2D eigenvalue weighted by molar-refractivity contribution is 6.07. The Morgan fingerprint density at radius 1 is 0.339 bits per heavy atom.